The topological polar surface area (TPSA) is 60.4 Å². The standard InChI is InChI=1S/C13H21ClN4O2/c1-3-7-20-13-16-11(14)15-12(17-13)18(2)6-8-19-9-10-4-5-10/h10H,3-9H2,1-2H3. The van der Waals surface area contributed by atoms with Gasteiger partial charge in [0.2, 0.25) is 11.2 Å². The van der Waals surface area contributed by atoms with Gasteiger partial charge in [0.1, 0.15) is 0 Å². The van der Waals surface area contributed by atoms with E-state index in [-0.39, 0.29) is 11.3 Å². The molecule has 0 atom stereocenters. The molecule has 0 radical (unpaired) electrons. The number of hydrogen-bond donors (Lipinski definition) is 0. The highest BCUT2D eigenvalue weighted by Gasteiger charge is 2.21. The SMILES string of the molecule is CCCOc1nc(Cl)nc(N(C)CCOCC2CC2)n1. The van der Waals surface area contributed by atoms with Gasteiger partial charge in [0, 0.05) is 20.2 Å². The van der Waals surface area contributed by atoms with Crippen molar-refractivity contribution < 1.29 is 9.47 Å². The number of aromatic nitrogens is 3. The number of likely N-dealkylation sites (N-methyl/N-ethyl adjacent to an activating group) is 1. The van der Waals surface area contributed by atoms with E-state index in [0.29, 0.717) is 25.7 Å². The molecule has 0 N–H and O–H groups in total. The third kappa shape index (κ3) is 5.09. The second-order valence-electron chi connectivity index (χ2n) is 4.98. The van der Waals surface area contributed by atoms with Crippen molar-refractivity contribution in [1.82, 2.24) is 15.0 Å². The molecule has 0 bridgehead atoms. The first-order valence-corrected chi connectivity index (χ1v) is 7.40. The summed E-state index contributed by atoms with van der Waals surface area (Å²) >= 11 is 5.88. The largest absolute Gasteiger partial charge is 0.463 e. The van der Waals surface area contributed by atoms with Crippen molar-refractivity contribution in [1.29, 1.82) is 0 Å². The van der Waals surface area contributed by atoms with Crippen LogP contribution in [0.3, 0.4) is 0 Å². The molecule has 1 aromatic rings. The lowest BCUT2D eigenvalue weighted by atomic mass is 10.5. The molecule has 6 nitrogen and oxygen atoms in total. The minimum atomic E-state index is 0.145. The number of ether oxygens (including phenoxy) is 2. The minimum Gasteiger partial charge on any atom is -0.463 e. The number of nitrogens with zero attached hydrogens (tertiary/aromatic N) is 4. The van der Waals surface area contributed by atoms with Crippen LogP contribution in [-0.2, 0) is 4.74 Å². The van der Waals surface area contributed by atoms with Gasteiger partial charge in [-0.2, -0.15) is 15.0 Å². The maximum atomic E-state index is 5.88. The predicted octanol–water partition coefficient (Wildman–Crippen LogP) is 2.18. The summed E-state index contributed by atoms with van der Waals surface area (Å²) in [6, 6.07) is 0.271. The zero-order valence-corrected chi connectivity index (χ0v) is 12.8. The molecule has 7 heteroatoms. The Labute approximate surface area is 124 Å². The van der Waals surface area contributed by atoms with Gasteiger partial charge in [-0.25, -0.2) is 0 Å². The first-order valence-electron chi connectivity index (χ1n) is 7.02. The minimum absolute atomic E-state index is 0.145. The Bertz CT molecular complexity index is 429. The van der Waals surface area contributed by atoms with E-state index in [1.807, 2.05) is 18.9 Å². The van der Waals surface area contributed by atoms with Crippen LogP contribution in [0.25, 0.3) is 0 Å². The molecule has 1 aliphatic carbocycles. The van der Waals surface area contributed by atoms with Crippen LogP contribution >= 0.6 is 11.6 Å². The van der Waals surface area contributed by atoms with Crippen molar-refractivity contribution in [3.05, 3.63) is 5.28 Å². The van der Waals surface area contributed by atoms with E-state index in [0.717, 1.165) is 18.9 Å². The third-order valence-electron chi connectivity index (χ3n) is 2.97. The maximum absolute atomic E-state index is 5.88. The Hall–Kier alpha value is -1.14. The summed E-state index contributed by atoms with van der Waals surface area (Å²) in [5.41, 5.74) is 0. The molecule has 0 aliphatic heterocycles. The summed E-state index contributed by atoms with van der Waals surface area (Å²) in [6.45, 7) is 4.80. The molecule has 2 rings (SSSR count). The van der Waals surface area contributed by atoms with Gasteiger partial charge in [-0.15, -0.1) is 0 Å². The van der Waals surface area contributed by atoms with Gasteiger partial charge in [-0.3, -0.25) is 0 Å². The quantitative estimate of drug-likeness (QED) is 0.651. The number of anilines is 1. The van der Waals surface area contributed by atoms with Crippen molar-refractivity contribution in [2.45, 2.75) is 26.2 Å². The maximum Gasteiger partial charge on any atom is 0.322 e. The molecule has 1 aliphatic rings. The van der Waals surface area contributed by atoms with E-state index >= 15 is 0 Å². The van der Waals surface area contributed by atoms with Crippen LogP contribution in [0.5, 0.6) is 6.01 Å². The van der Waals surface area contributed by atoms with E-state index in [9.17, 15) is 0 Å². The van der Waals surface area contributed by atoms with Crippen molar-refractivity contribution in [3.63, 3.8) is 0 Å². The van der Waals surface area contributed by atoms with Gasteiger partial charge in [0.05, 0.1) is 13.2 Å². The molecule has 20 heavy (non-hydrogen) atoms. The number of hydrogen-bond acceptors (Lipinski definition) is 6. The van der Waals surface area contributed by atoms with Gasteiger partial charge < -0.3 is 14.4 Å². The van der Waals surface area contributed by atoms with E-state index < -0.39 is 0 Å². The summed E-state index contributed by atoms with van der Waals surface area (Å²) in [5.74, 6) is 1.28. The van der Waals surface area contributed by atoms with E-state index in [1.165, 1.54) is 12.8 Å². The second kappa shape index (κ2) is 7.59. The smallest absolute Gasteiger partial charge is 0.322 e. The Balaban J connectivity index is 1.83. The average Bonchev–Trinajstić information content (AvgIpc) is 3.24. The highest BCUT2D eigenvalue weighted by atomic mass is 35.5. The van der Waals surface area contributed by atoms with Crippen LogP contribution in [-0.4, -0.2) is 48.4 Å². The number of rotatable bonds is 9. The lowest BCUT2D eigenvalue weighted by molar-refractivity contribution is 0.130. The Morgan fingerprint density at radius 3 is 2.75 bits per heavy atom. The van der Waals surface area contributed by atoms with Crippen LogP contribution in [0.2, 0.25) is 5.28 Å². The summed E-state index contributed by atoms with van der Waals surface area (Å²) in [4.78, 5) is 14.2. The average molecular weight is 301 g/mol. The molecule has 0 spiro atoms. The normalized spacial score (nSPS) is 14.3. The second-order valence-corrected chi connectivity index (χ2v) is 5.31. The molecule has 1 aromatic heterocycles. The van der Waals surface area contributed by atoms with Crippen LogP contribution < -0.4 is 9.64 Å². The molecule has 112 valence electrons. The Morgan fingerprint density at radius 2 is 2.05 bits per heavy atom. The molecule has 1 fully saturated rings. The van der Waals surface area contributed by atoms with Gasteiger partial charge in [-0.05, 0) is 36.8 Å². The highest BCUT2D eigenvalue weighted by molar-refractivity contribution is 6.28. The fourth-order valence-corrected chi connectivity index (χ4v) is 1.73. The molecular weight excluding hydrogens is 280 g/mol. The van der Waals surface area contributed by atoms with Crippen LogP contribution in [0.15, 0.2) is 0 Å². The first-order chi connectivity index (χ1) is 9.69. The van der Waals surface area contributed by atoms with Gasteiger partial charge >= 0.3 is 6.01 Å². The third-order valence-corrected chi connectivity index (χ3v) is 3.14. The van der Waals surface area contributed by atoms with Crippen molar-refractivity contribution in [2.75, 3.05) is 38.3 Å². The highest BCUT2D eigenvalue weighted by Crippen LogP contribution is 2.28. The van der Waals surface area contributed by atoms with E-state index in [1.54, 1.807) is 0 Å². The molecule has 0 unspecified atom stereocenters. The van der Waals surface area contributed by atoms with Crippen molar-refractivity contribution in [3.8, 4) is 6.01 Å². The zero-order valence-electron chi connectivity index (χ0n) is 12.0. The molecule has 1 saturated carbocycles. The molecular formula is C13H21ClN4O2. The van der Waals surface area contributed by atoms with Crippen LogP contribution in [0.4, 0.5) is 5.95 Å². The van der Waals surface area contributed by atoms with Crippen LogP contribution in [0.1, 0.15) is 26.2 Å². The van der Waals surface area contributed by atoms with Gasteiger partial charge in [0.25, 0.3) is 0 Å². The first kappa shape index (κ1) is 15.3. The number of halogens is 1. The molecule has 0 amide bonds. The monoisotopic (exact) mass is 300 g/mol. The summed E-state index contributed by atoms with van der Waals surface area (Å²) in [7, 11) is 1.90. The molecule has 0 saturated heterocycles. The fraction of sp³-hybridized carbons (Fsp3) is 0.769. The summed E-state index contributed by atoms with van der Waals surface area (Å²) in [5, 5.41) is 0.145. The molecule has 1 heterocycles. The Morgan fingerprint density at radius 1 is 1.25 bits per heavy atom. The Kier molecular flexibility index (Phi) is 5.79. The van der Waals surface area contributed by atoms with E-state index in [4.69, 9.17) is 21.1 Å². The van der Waals surface area contributed by atoms with Crippen molar-refractivity contribution >= 4 is 17.5 Å². The van der Waals surface area contributed by atoms with E-state index in [2.05, 4.69) is 15.0 Å². The fourth-order valence-electron chi connectivity index (χ4n) is 1.59. The van der Waals surface area contributed by atoms with Crippen molar-refractivity contribution in [2.24, 2.45) is 5.92 Å². The summed E-state index contributed by atoms with van der Waals surface area (Å²) < 4.78 is 11.0. The van der Waals surface area contributed by atoms with Crippen LogP contribution in [0, 0.1) is 5.92 Å². The lowest BCUT2D eigenvalue weighted by Gasteiger charge is -2.17. The van der Waals surface area contributed by atoms with Gasteiger partial charge in [-0.1, -0.05) is 6.92 Å². The summed E-state index contributed by atoms with van der Waals surface area (Å²) in [6.07, 6.45) is 3.50. The molecule has 0 aromatic carbocycles. The zero-order chi connectivity index (χ0) is 14.4. The predicted molar refractivity (Wildman–Crippen MR) is 77.4 cm³/mol. The van der Waals surface area contributed by atoms with Gasteiger partial charge in [0.15, 0.2) is 0 Å². The lowest BCUT2D eigenvalue weighted by Crippen LogP contribution is -2.25.